The average Bonchev–Trinajstić information content (AvgIpc) is 3.42. The third-order valence-electron chi connectivity index (χ3n) is 5.49. The number of hydrogen-bond donors (Lipinski definition) is 2. The lowest BCUT2D eigenvalue weighted by atomic mass is 9.97. The first-order valence-electron chi connectivity index (χ1n) is 10.6. The van der Waals surface area contributed by atoms with Crippen molar-refractivity contribution in [1.29, 1.82) is 0 Å². The van der Waals surface area contributed by atoms with Crippen LogP contribution < -0.4 is 10.9 Å². The largest absolute Gasteiger partial charge is 0.325 e. The Morgan fingerprint density at radius 3 is 2.88 bits per heavy atom. The molecule has 1 amide bonds. The zero-order chi connectivity index (χ0) is 21.9. The fraction of sp³-hybridized carbons (Fsp3) is 0.304. The van der Waals surface area contributed by atoms with E-state index >= 15 is 0 Å². The molecule has 164 valence electrons. The van der Waals surface area contributed by atoms with Crippen LogP contribution in [0.3, 0.4) is 0 Å². The number of carbonyl (C=O) groups is 1. The van der Waals surface area contributed by atoms with Gasteiger partial charge in [0, 0.05) is 23.0 Å². The second-order valence-corrected chi connectivity index (χ2v) is 9.91. The summed E-state index contributed by atoms with van der Waals surface area (Å²) in [6, 6.07) is 9.65. The molecule has 4 aromatic rings. The highest BCUT2D eigenvalue weighted by molar-refractivity contribution is 7.99. The smallest absolute Gasteiger partial charge is 0.259 e. The quantitative estimate of drug-likeness (QED) is 0.431. The molecule has 3 heterocycles. The molecule has 0 saturated carbocycles. The second-order valence-electron chi connectivity index (χ2n) is 7.85. The van der Waals surface area contributed by atoms with Crippen LogP contribution in [-0.4, -0.2) is 31.4 Å². The summed E-state index contributed by atoms with van der Waals surface area (Å²) < 4.78 is 1.85. The number of nitrogens with zero attached hydrogens (tertiary/aromatic N) is 3. The van der Waals surface area contributed by atoms with Gasteiger partial charge in [0.2, 0.25) is 5.91 Å². The van der Waals surface area contributed by atoms with Crippen LogP contribution in [0.25, 0.3) is 10.2 Å². The van der Waals surface area contributed by atoms with Crippen LogP contribution in [0.2, 0.25) is 0 Å². The van der Waals surface area contributed by atoms with Crippen LogP contribution in [0.1, 0.15) is 34.7 Å². The molecule has 3 aromatic heterocycles. The predicted octanol–water partition coefficient (Wildman–Crippen LogP) is 3.98. The van der Waals surface area contributed by atoms with E-state index in [-0.39, 0.29) is 17.2 Å². The van der Waals surface area contributed by atoms with Gasteiger partial charge in [-0.1, -0.05) is 12.1 Å². The van der Waals surface area contributed by atoms with Crippen molar-refractivity contribution in [3.8, 4) is 0 Å². The molecule has 0 aliphatic heterocycles. The third kappa shape index (κ3) is 4.63. The molecule has 0 bridgehead atoms. The lowest BCUT2D eigenvalue weighted by Crippen LogP contribution is -2.15. The van der Waals surface area contributed by atoms with E-state index < -0.39 is 0 Å². The molecule has 7 nitrogen and oxygen atoms in total. The Morgan fingerprint density at radius 1 is 1.22 bits per heavy atom. The van der Waals surface area contributed by atoms with Gasteiger partial charge in [0.25, 0.3) is 5.56 Å². The van der Waals surface area contributed by atoms with Crippen LogP contribution in [0.4, 0.5) is 5.69 Å². The molecule has 1 aliphatic carbocycles. The minimum atomic E-state index is -0.0789. The van der Waals surface area contributed by atoms with Gasteiger partial charge in [0.15, 0.2) is 0 Å². The van der Waals surface area contributed by atoms with Crippen molar-refractivity contribution < 1.29 is 4.79 Å². The number of carbonyl (C=O) groups excluding carboxylic acids is 1. The Morgan fingerprint density at radius 2 is 2.06 bits per heavy atom. The number of nitrogens with one attached hydrogen (secondary N) is 2. The van der Waals surface area contributed by atoms with Crippen LogP contribution in [-0.2, 0) is 29.9 Å². The summed E-state index contributed by atoms with van der Waals surface area (Å²) in [5.41, 5.74) is 3.02. The molecule has 32 heavy (non-hydrogen) atoms. The van der Waals surface area contributed by atoms with E-state index in [9.17, 15) is 9.59 Å². The number of thiophene rings is 1. The van der Waals surface area contributed by atoms with Gasteiger partial charge in [-0.2, -0.15) is 5.10 Å². The van der Waals surface area contributed by atoms with Crippen LogP contribution in [0.5, 0.6) is 0 Å². The van der Waals surface area contributed by atoms with E-state index in [0.717, 1.165) is 40.7 Å². The van der Waals surface area contributed by atoms with Crippen molar-refractivity contribution >= 4 is 44.9 Å². The molecular formula is C23H23N5O2S2. The van der Waals surface area contributed by atoms with Crippen molar-refractivity contribution in [2.24, 2.45) is 0 Å². The number of aromatic nitrogens is 4. The number of thioether (sulfide) groups is 1. The highest BCUT2D eigenvalue weighted by Gasteiger charge is 2.19. The SMILES string of the molecule is O=C(CSCc1nc2sc3c(c2c(=O)[nH]1)CCCC3)Nc1ccc(Cn2cccn2)cc1. The molecule has 0 saturated heterocycles. The summed E-state index contributed by atoms with van der Waals surface area (Å²) in [4.78, 5) is 34.7. The van der Waals surface area contributed by atoms with Crippen molar-refractivity contribution in [2.75, 3.05) is 11.1 Å². The standard InChI is InChI=1S/C23H23N5O2S2/c29-20(25-16-8-6-15(7-9-16)12-28-11-3-10-24-28)14-31-13-19-26-22(30)21-17-4-1-2-5-18(17)32-23(21)27-19/h3,6-11H,1-2,4-5,12-14H2,(H,25,29)(H,26,27,30). The Hall–Kier alpha value is -2.91. The lowest BCUT2D eigenvalue weighted by molar-refractivity contribution is -0.113. The second kappa shape index (κ2) is 9.30. The Labute approximate surface area is 193 Å². The molecule has 0 unspecified atom stereocenters. The lowest BCUT2D eigenvalue weighted by Gasteiger charge is -2.09. The molecule has 9 heteroatoms. The topological polar surface area (TPSA) is 92.7 Å². The van der Waals surface area contributed by atoms with Crippen LogP contribution >= 0.6 is 23.1 Å². The molecule has 0 radical (unpaired) electrons. The normalized spacial score (nSPS) is 13.2. The molecule has 0 fully saturated rings. The minimum absolute atomic E-state index is 0.0512. The Balaban J connectivity index is 1.15. The summed E-state index contributed by atoms with van der Waals surface area (Å²) in [6.07, 6.45) is 8.01. The number of benzene rings is 1. The number of hydrogen-bond acceptors (Lipinski definition) is 6. The summed E-state index contributed by atoms with van der Waals surface area (Å²) in [5, 5.41) is 7.88. The fourth-order valence-corrected chi connectivity index (χ4v) is 5.96. The summed E-state index contributed by atoms with van der Waals surface area (Å²) in [7, 11) is 0. The van der Waals surface area contributed by atoms with E-state index in [1.165, 1.54) is 28.6 Å². The maximum Gasteiger partial charge on any atom is 0.259 e. The van der Waals surface area contributed by atoms with E-state index in [1.807, 2.05) is 41.2 Å². The number of fused-ring (bicyclic) bond motifs is 3. The molecule has 1 aromatic carbocycles. The maximum absolute atomic E-state index is 12.6. The third-order valence-corrected chi connectivity index (χ3v) is 7.62. The van der Waals surface area contributed by atoms with E-state index in [1.54, 1.807) is 17.5 Å². The van der Waals surface area contributed by atoms with Gasteiger partial charge in [0.1, 0.15) is 10.7 Å². The van der Waals surface area contributed by atoms with Crippen LogP contribution in [0.15, 0.2) is 47.5 Å². The molecule has 5 rings (SSSR count). The van der Waals surface area contributed by atoms with Gasteiger partial charge < -0.3 is 10.3 Å². The fourth-order valence-electron chi connectivity index (χ4n) is 3.99. The van der Waals surface area contributed by atoms with Gasteiger partial charge in [-0.3, -0.25) is 14.3 Å². The average molecular weight is 466 g/mol. The molecule has 2 N–H and O–H groups in total. The summed E-state index contributed by atoms with van der Waals surface area (Å²) in [6.45, 7) is 0.694. The number of anilines is 1. The van der Waals surface area contributed by atoms with Gasteiger partial charge in [0.05, 0.1) is 23.4 Å². The number of aryl methyl sites for hydroxylation is 2. The van der Waals surface area contributed by atoms with Crippen molar-refractivity contribution in [1.82, 2.24) is 19.7 Å². The van der Waals surface area contributed by atoms with Gasteiger partial charge >= 0.3 is 0 Å². The van der Waals surface area contributed by atoms with E-state index in [2.05, 4.69) is 20.4 Å². The highest BCUT2D eigenvalue weighted by Crippen LogP contribution is 2.33. The zero-order valence-electron chi connectivity index (χ0n) is 17.5. The highest BCUT2D eigenvalue weighted by atomic mass is 32.2. The number of rotatable bonds is 7. The Bertz CT molecular complexity index is 1290. The number of H-pyrrole nitrogens is 1. The molecule has 1 aliphatic rings. The summed E-state index contributed by atoms with van der Waals surface area (Å²) >= 11 is 3.09. The van der Waals surface area contributed by atoms with Gasteiger partial charge in [-0.05, 0) is 55.0 Å². The van der Waals surface area contributed by atoms with E-state index in [4.69, 9.17) is 0 Å². The first-order valence-corrected chi connectivity index (χ1v) is 12.6. The van der Waals surface area contributed by atoms with Crippen LogP contribution in [0, 0.1) is 0 Å². The molecule has 0 spiro atoms. The predicted molar refractivity (Wildman–Crippen MR) is 129 cm³/mol. The monoisotopic (exact) mass is 465 g/mol. The van der Waals surface area contributed by atoms with Crippen molar-refractivity contribution in [3.05, 3.63) is 74.9 Å². The van der Waals surface area contributed by atoms with Gasteiger partial charge in [-0.15, -0.1) is 23.1 Å². The molecular weight excluding hydrogens is 442 g/mol. The minimum Gasteiger partial charge on any atom is -0.325 e. The number of amides is 1. The van der Waals surface area contributed by atoms with Gasteiger partial charge in [-0.25, -0.2) is 4.98 Å². The summed E-state index contributed by atoms with van der Waals surface area (Å²) in [5.74, 6) is 1.33. The van der Waals surface area contributed by atoms with Crippen molar-refractivity contribution in [2.45, 2.75) is 38.0 Å². The first-order chi connectivity index (χ1) is 15.7. The Kier molecular flexibility index (Phi) is 6.09. The van der Waals surface area contributed by atoms with Crippen molar-refractivity contribution in [3.63, 3.8) is 0 Å². The first kappa shape index (κ1) is 21.0. The number of aromatic amines is 1. The maximum atomic E-state index is 12.6. The van der Waals surface area contributed by atoms with E-state index in [0.29, 0.717) is 18.1 Å². The molecule has 0 atom stereocenters. The zero-order valence-corrected chi connectivity index (χ0v) is 19.1.